The second kappa shape index (κ2) is 8.43. The van der Waals surface area contributed by atoms with E-state index in [0.717, 1.165) is 44.3 Å². The van der Waals surface area contributed by atoms with Crippen LogP contribution in [0.25, 0.3) is 0 Å². The molecule has 1 aromatic carbocycles. The number of benzene rings is 1. The Hall–Kier alpha value is -2.12. The maximum absolute atomic E-state index is 13.6. The maximum atomic E-state index is 13.6. The van der Waals surface area contributed by atoms with Gasteiger partial charge in [0, 0.05) is 6.54 Å². The van der Waals surface area contributed by atoms with E-state index in [-0.39, 0.29) is 30.6 Å². The number of hydrogen-bond donors (Lipinski definition) is 1. The molecular weight excluding hydrogens is 396 g/mol. The molecule has 7 nitrogen and oxygen atoms in total. The summed E-state index contributed by atoms with van der Waals surface area (Å²) in [6.07, 6.45) is 5.23. The lowest BCUT2D eigenvalue weighted by Gasteiger charge is -2.52. The standard InChI is InChI=1S/C24H32N2O5/c1-16-23(28)26-12-4-11-24(15-29-14-22(27)25-24)21(26)13-30-18-9-7-17(8-10-18)19-5-2-3-6-20(19)31-16/h2-3,5-6,16-18,21H,4,7-15H2,1H3,(H,25,27)/t16?,17?,18?,21-,24+/m0/s1. The Balaban J connectivity index is 1.49. The number of amides is 2. The third kappa shape index (κ3) is 3.94. The number of rotatable bonds is 0. The van der Waals surface area contributed by atoms with Crippen molar-refractivity contribution in [1.29, 1.82) is 0 Å². The topological polar surface area (TPSA) is 77.1 Å². The van der Waals surface area contributed by atoms with Crippen LogP contribution in [-0.4, -0.2) is 66.9 Å². The van der Waals surface area contributed by atoms with E-state index < -0.39 is 11.6 Å². The van der Waals surface area contributed by atoms with E-state index in [1.807, 2.05) is 30.0 Å². The second-order valence-electron chi connectivity index (χ2n) is 9.45. The molecule has 1 aliphatic carbocycles. The van der Waals surface area contributed by atoms with Crippen LogP contribution in [0.2, 0.25) is 0 Å². The predicted octanol–water partition coefficient (Wildman–Crippen LogP) is 2.39. The van der Waals surface area contributed by atoms with E-state index in [1.165, 1.54) is 5.56 Å². The van der Waals surface area contributed by atoms with Crippen LogP contribution in [0.1, 0.15) is 56.9 Å². The van der Waals surface area contributed by atoms with Crippen molar-refractivity contribution in [2.45, 2.75) is 75.2 Å². The molecule has 1 saturated carbocycles. The molecule has 0 aromatic heterocycles. The molecule has 5 aliphatic rings. The molecule has 4 aliphatic heterocycles. The largest absolute Gasteiger partial charge is 0.481 e. The van der Waals surface area contributed by atoms with Gasteiger partial charge in [-0.25, -0.2) is 0 Å². The van der Waals surface area contributed by atoms with Gasteiger partial charge in [-0.2, -0.15) is 0 Å². The van der Waals surface area contributed by atoms with Gasteiger partial charge in [-0.05, 0) is 63.0 Å². The summed E-state index contributed by atoms with van der Waals surface area (Å²) >= 11 is 0. The van der Waals surface area contributed by atoms with E-state index in [1.54, 1.807) is 0 Å². The summed E-state index contributed by atoms with van der Waals surface area (Å²) in [5.74, 6) is 1.06. The Bertz CT molecular complexity index is 833. The highest BCUT2D eigenvalue weighted by Gasteiger charge is 2.50. The van der Waals surface area contributed by atoms with Crippen molar-refractivity contribution in [2.24, 2.45) is 0 Å². The van der Waals surface area contributed by atoms with E-state index in [0.29, 0.717) is 25.7 Å². The van der Waals surface area contributed by atoms with Crippen LogP contribution >= 0.6 is 0 Å². The molecular formula is C24H32N2O5. The Morgan fingerprint density at radius 3 is 2.74 bits per heavy atom. The maximum Gasteiger partial charge on any atom is 0.263 e. The number of nitrogens with zero attached hydrogens (tertiary/aromatic N) is 1. The van der Waals surface area contributed by atoms with Crippen LogP contribution < -0.4 is 10.1 Å². The molecule has 1 aromatic rings. The minimum absolute atomic E-state index is 0.0612. The normalized spacial score (nSPS) is 36.4. The first kappa shape index (κ1) is 20.8. The summed E-state index contributed by atoms with van der Waals surface area (Å²) in [6.45, 7) is 3.34. The first-order valence-electron chi connectivity index (χ1n) is 11.6. The fourth-order valence-electron chi connectivity index (χ4n) is 5.86. The lowest BCUT2D eigenvalue weighted by molar-refractivity contribution is -0.159. The van der Waals surface area contributed by atoms with Gasteiger partial charge >= 0.3 is 0 Å². The molecule has 6 rings (SSSR count). The molecule has 1 N–H and O–H groups in total. The van der Waals surface area contributed by atoms with Crippen molar-refractivity contribution >= 4 is 11.8 Å². The first-order chi connectivity index (χ1) is 15.1. The lowest BCUT2D eigenvalue weighted by atomic mass is 9.80. The summed E-state index contributed by atoms with van der Waals surface area (Å²) in [5.41, 5.74) is 0.595. The number of hydrogen-bond acceptors (Lipinski definition) is 5. The van der Waals surface area contributed by atoms with E-state index in [4.69, 9.17) is 14.2 Å². The monoisotopic (exact) mass is 428 g/mol. The number of carbonyl (C=O) groups is 2. The molecule has 2 amide bonds. The Kier molecular flexibility index (Phi) is 5.65. The lowest BCUT2D eigenvalue weighted by Crippen LogP contribution is -2.72. The summed E-state index contributed by atoms with van der Waals surface area (Å²) in [6, 6.07) is 7.86. The molecule has 31 heavy (non-hydrogen) atoms. The number of morpholine rings is 1. The molecule has 0 radical (unpaired) electrons. The average Bonchev–Trinajstić information content (AvgIpc) is 2.79. The zero-order chi connectivity index (χ0) is 21.4. The van der Waals surface area contributed by atoms with Crippen molar-refractivity contribution < 1.29 is 23.8 Å². The predicted molar refractivity (Wildman–Crippen MR) is 114 cm³/mol. The minimum atomic E-state index is -0.614. The van der Waals surface area contributed by atoms with Crippen LogP contribution in [0.3, 0.4) is 0 Å². The van der Waals surface area contributed by atoms with Crippen LogP contribution in [0, 0.1) is 0 Å². The van der Waals surface area contributed by atoms with Gasteiger partial charge in [-0.1, -0.05) is 18.2 Å². The van der Waals surface area contributed by atoms with Crippen LogP contribution in [0.5, 0.6) is 5.75 Å². The highest BCUT2D eigenvalue weighted by molar-refractivity contribution is 5.82. The van der Waals surface area contributed by atoms with Crippen molar-refractivity contribution in [3.63, 3.8) is 0 Å². The van der Waals surface area contributed by atoms with Crippen LogP contribution in [-0.2, 0) is 19.1 Å². The van der Waals surface area contributed by atoms with Crippen molar-refractivity contribution in [3.8, 4) is 5.75 Å². The first-order valence-corrected chi connectivity index (χ1v) is 11.6. The molecule has 7 heteroatoms. The molecule has 2 saturated heterocycles. The Morgan fingerprint density at radius 2 is 1.94 bits per heavy atom. The van der Waals surface area contributed by atoms with Crippen molar-refractivity contribution in [2.75, 3.05) is 26.4 Å². The molecule has 1 unspecified atom stereocenters. The van der Waals surface area contributed by atoms with Crippen LogP contribution in [0.4, 0.5) is 0 Å². The van der Waals surface area contributed by atoms with Crippen LogP contribution in [0.15, 0.2) is 24.3 Å². The van der Waals surface area contributed by atoms with Crippen molar-refractivity contribution in [3.05, 3.63) is 29.8 Å². The molecule has 4 heterocycles. The quantitative estimate of drug-likeness (QED) is 0.687. The Labute approximate surface area is 183 Å². The van der Waals surface area contributed by atoms with E-state index in [2.05, 4.69) is 11.4 Å². The van der Waals surface area contributed by atoms with Gasteiger partial charge in [0.15, 0.2) is 6.10 Å². The fraction of sp³-hybridized carbons (Fsp3) is 0.667. The van der Waals surface area contributed by atoms with Gasteiger partial charge in [0.25, 0.3) is 5.91 Å². The summed E-state index contributed by atoms with van der Waals surface area (Å²) < 4.78 is 18.3. The van der Waals surface area contributed by atoms with Gasteiger partial charge in [0.2, 0.25) is 5.91 Å². The number of para-hydroxylation sites is 1. The number of piperidine rings is 1. The van der Waals surface area contributed by atoms with Gasteiger partial charge in [0.1, 0.15) is 12.4 Å². The molecule has 1 spiro atoms. The summed E-state index contributed by atoms with van der Waals surface area (Å²) in [7, 11) is 0. The SMILES string of the molecule is CC1Oc2ccccc2C2CCC(CC2)OC[C@@H]2N(CCC[C@@]23COCC(=O)N3)C1=O. The summed E-state index contributed by atoms with van der Waals surface area (Å²) in [4.78, 5) is 27.7. The third-order valence-corrected chi connectivity index (χ3v) is 7.47. The second-order valence-corrected chi connectivity index (χ2v) is 9.45. The zero-order valence-corrected chi connectivity index (χ0v) is 18.2. The van der Waals surface area contributed by atoms with E-state index in [9.17, 15) is 9.59 Å². The summed E-state index contributed by atoms with van der Waals surface area (Å²) in [5, 5.41) is 3.17. The molecule has 3 atom stereocenters. The van der Waals surface area contributed by atoms with Gasteiger partial charge in [-0.15, -0.1) is 0 Å². The Morgan fingerprint density at radius 1 is 1.13 bits per heavy atom. The minimum Gasteiger partial charge on any atom is -0.481 e. The van der Waals surface area contributed by atoms with Gasteiger partial charge in [-0.3, -0.25) is 9.59 Å². The number of ether oxygens (including phenoxy) is 3. The van der Waals surface area contributed by atoms with Gasteiger partial charge < -0.3 is 24.4 Å². The fourth-order valence-corrected chi connectivity index (χ4v) is 5.86. The highest BCUT2D eigenvalue weighted by Crippen LogP contribution is 2.40. The molecule has 168 valence electrons. The van der Waals surface area contributed by atoms with Gasteiger partial charge in [0.05, 0.1) is 30.9 Å². The third-order valence-electron chi connectivity index (χ3n) is 7.47. The molecule has 2 bridgehead atoms. The number of carbonyl (C=O) groups excluding carboxylic acids is 2. The zero-order valence-electron chi connectivity index (χ0n) is 18.2. The average molecular weight is 429 g/mol. The smallest absolute Gasteiger partial charge is 0.263 e. The molecule has 3 fully saturated rings. The number of fused-ring (bicyclic) bond motifs is 5. The van der Waals surface area contributed by atoms with E-state index >= 15 is 0 Å². The number of nitrogens with one attached hydrogen (secondary N) is 1. The van der Waals surface area contributed by atoms with Crippen molar-refractivity contribution in [1.82, 2.24) is 10.2 Å². The highest BCUT2D eigenvalue weighted by atomic mass is 16.5.